The lowest BCUT2D eigenvalue weighted by Crippen LogP contribution is -2.32. The Balaban J connectivity index is 1.87. The minimum Gasteiger partial charge on any atom is -0.432 e. The maximum Gasteiger partial charge on any atom is 0.308 e. The topological polar surface area (TPSA) is 76.6 Å². The second-order valence-electron chi connectivity index (χ2n) is 4.64. The van der Waals surface area contributed by atoms with Crippen molar-refractivity contribution in [3.05, 3.63) is 70.5 Å². The third-order valence-electron chi connectivity index (χ3n) is 3.23. The average molecular weight is 283 g/mol. The molecule has 3 rings (SSSR count). The summed E-state index contributed by atoms with van der Waals surface area (Å²) in [4.78, 5) is 28.3. The van der Waals surface area contributed by atoms with Crippen LogP contribution in [0.15, 0.2) is 58.2 Å². The van der Waals surface area contributed by atoms with Crippen LogP contribution in [0.3, 0.4) is 0 Å². The Labute approximate surface area is 120 Å². The molecule has 3 aromatic rings. The predicted molar refractivity (Wildman–Crippen MR) is 76.1 cm³/mol. The Hall–Kier alpha value is -2.89. The Morgan fingerprint density at radius 2 is 2.10 bits per heavy atom. The van der Waals surface area contributed by atoms with Crippen molar-refractivity contribution in [1.82, 2.24) is 14.7 Å². The molecule has 0 saturated carbocycles. The van der Waals surface area contributed by atoms with Gasteiger partial charge in [0.25, 0.3) is 11.5 Å². The lowest BCUT2D eigenvalue weighted by Gasteiger charge is -2.13. The van der Waals surface area contributed by atoms with Crippen LogP contribution in [0.25, 0.3) is 5.84 Å². The molecule has 1 N–H and O–H groups in total. The zero-order chi connectivity index (χ0) is 14.8. The Kier molecular flexibility index (Phi) is 3.27. The maximum atomic E-state index is 12.2. The maximum absolute atomic E-state index is 12.2. The standard InChI is InChI=1S/C15H13N3O3/c1-10(11-5-3-2-4-6-11)17-13(19)12-9-16-15-18(14(12)20)7-8-21-15/h2-10H,1H3,(H,17,19)/t10-/m1/s1. The summed E-state index contributed by atoms with van der Waals surface area (Å²) < 4.78 is 6.20. The number of fused-ring (bicyclic) bond motifs is 1. The number of oxazole rings is 1. The highest BCUT2D eigenvalue weighted by molar-refractivity contribution is 5.93. The van der Waals surface area contributed by atoms with Gasteiger partial charge in [-0.05, 0) is 12.5 Å². The van der Waals surface area contributed by atoms with Crippen LogP contribution in [0.2, 0.25) is 0 Å². The first kappa shape index (κ1) is 13.1. The quantitative estimate of drug-likeness (QED) is 0.795. The fraction of sp³-hybridized carbons (Fsp3) is 0.133. The number of hydrogen-bond acceptors (Lipinski definition) is 4. The van der Waals surface area contributed by atoms with Gasteiger partial charge in [-0.15, -0.1) is 0 Å². The van der Waals surface area contributed by atoms with E-state index in [1.54, 1.807) is 0 Å². The van der Waals surface area contributed by atoms with Crippen LogP contribution in [-0.4, -0.2) is 15.3 Å². The zero-order valence-corrected chi connectivity index (χ0v) is 11.3. The number of nitrogens with zero attached hydrogens (tertiary/aromatic N) is 2. The third-order valence-corrected chi connectivity index (χ3v) is 3.23. The number of hydrogen-bond donors (Lipinski definition) is 1. The molecule has 1 aromatic carbocycles. The van der Waals surface area contributed by atoms with Gasteiger partial charge in [-0.3, -0.25) is 9.59 Å². The second kappa shape index (κ2) is 5.24. The van der Waals surface area contributed by atoms with E-state index in [-0.39, 0.29) is 17.4 Å². The van der Waals surface area contributed by atoms with Crippen LogP contribution in [-0.2, 0) is 0 Å². The SMILES string of the molecule is C[C@@H](NC(=O)c1cnc2occn2c1=O)c1ccccc1. The smallest absolute Gasteiger partial charge is 0.308 e. The van der Waals surface area contributed by atoms with Gasteiger partial charge in [0, 0.05) is 0 Å². The van der Waals surface area contributed by atoms with Gasteiger partial charge in [0.15, 0.2) is 0 Å². The number of aromatic nitrogens is 2. The van der Waals surface area contributed by atoms with Crippen molar-refractivity contribution in [1.29, 1.82) is 0 Å². The highest BCUT2D eigenvalue weighted by Gasteiger charge is 2.16. The number of nitrogens with one attached hydrogen (secondary N) is 1. The van der Waals surface area contributed by atoms with Crippen molar-refractivity contribution in [2.45, 2.75) is 13.0 Å². The number of rotatable bonds is 3. The van der Waals surface area contributed by atoms with Gasteiger partial charge < -0.3 is 9.73 Å². The Morgan fingerprint density at radius 3 is 2.86 bits per heavy atom. The summed E-state index contributed by atoms with van der Waals surface area (Å²) in [5.74, 6) is -0.299. The predicted octanol–water partition coefficient (Wildman–Crippen LogP) is 1.78. The van der Waals surface area contributed by atoms with Crippen LogP contribution >= 0.6 is 0 Å². The molecule has 0 radical (unpaired) electrons. The first-order chi connectivity index (χ1) is 10.2. The average Bonchev–Trinajstić information content (AvgIpc) is 2.98. The van der Waals surface area contributed by atoms with E-state index in [0.29, 0.717) is 0 Å². The summed E-state index contributed by atoms with van der Waals surface area (Å²) in [7, 11) is 0. The number of carbonyl (C=O) groups excluding carboxylic acids is 1. The van der Waals surface area contributed by atoms with Crippen LogP contribution in [0.4, 0.5) is 0 Å². The molecule has 1 atom stereocenters. The van der Waals surface area contributed by atoms with Gasteiger partial charge in [-0.2, -0.15) is 0 Å². The highest BCUT2D eigenvalue weighted by Crippen LogP contribution is 2.11. The summed E-state index contributed by atoms with van der Waals surface area (Å²) in [5.41, 5.74) is 0.492. The zero-order valence-electron chi connectivity index (χ0n) is 11.3. The van der Waals surface area contributed by atoms with Crippen molar-refractivity contribution in [3.8, 4) is 0 Å². The van der Waals surface area contributed by atoms with E-state index in [1.807, 2.05) is 37.3 Å². The van der Waals surface area contributed by atoms with Gasteiger partial charge in [0.1, 0.15) is 11.8 Å². The van der Waals surface area contributed by atoms with Crippen molar-refractivity contribution in [2.75, 3.05) is 0 Å². The molecule has 0 fully saturated rings. The van der Waals surface area contributed by atoms with E-state index in [9.17, 15) is 9.59 Å². The number of amides is 1. The molecule has 6 nitrogen and oxygen atoms in total. The van der Waals surface area contributed by atoms with E-state index in [2.05, 4.69) is 10.3 Å². The van der Waals surface area contributed by atoms with E-state index in [4.69, 9.17) is 4.42 Å². The van der Waals surface area contributed by atoms with Crippen molar-refractivity contribution < 1.29 is 9.21 Å². The van der Waals surface area contributed by atoms with Gasteiger partial charge in [-0.1, -0.05) is 30.3 Å². The summed E-state index contributed by atoms with van der Waals surface area (Å²) >= 11 is 0. The van der Waals surface area contributed by atoms with Crippen molar-refractivity contribution in [2.24, 2.45) is 0 Å². The fourth-order valence-corrected chi connectivity index (χ4v) is 2.08. The fourth-order valence-electron chi connectivity index (χ4n) is 2.08. The van der Waals surface area contributed by atoms with Crippen molar-refractivity contribution in [3.63, 3.8) is 0 Å². The van der Waals surface area contributed by atoms with Gasteiger partial charge in [0.2, 0.25) is 0 Å². The molecule has 0 bridgehead atoms. The van der Waals surface area contributed by atoms with E-state index >= 15 is 0 Å². The normalized spacial score (nSPS) is 12.2. The third kappa shape index (κ3) is 2.43. The molecule has 106 valence electrons. The first-order valence-corrected chi connectivity index (χ1v) is 6.47. The van der Waals surface area contributed by atoms with E-state index < -0.39 is 11.5 Å². The monoisotopic (exact) mass is 283 g/mol. The Morgan fingerprint density at radius 1 is 1.33 bits per heavy atom. The molecule has 0 unspecified atom stereocenters. The van der Waals surface area contributed by atoms with Gasteiger partial charge >= 0.3 is 5.84 Å². The molecule has 1 amide bonds. The number of carbonyl (C=O) groups is 1. The molecule has 0 aliphatic rings. The van der Waals surface area contributed by atoms with Crippen molar-refractivity contribution >= 4 is 11.8 Å². The lowest BCUT2D eigenvalue weighted by molar-refractivity contribution is 0.0938. The van der Waals surface area contributed by atoms with Crippen LogP contribution in [0.5, 0.6) is 0 Å². The number of benzene rings is 1. The molecule has 6 heteroatoms. The molecule has 0 saturated heterocycles. The molecular weight excluding hydrogens is 270 g/mol. The molecule has 21 heavy (non-hydrogen) atoms. The van der Waals surface area contributed by atoms with E-state index in [1.165, 1.54) is 23.1 Å². The molecule has 0 spiro atoms. The van der Waals surface area contributed by atoms with Gasteiger partial charge in [0.05, 0.1) is 18.4 Å². The Bertz CT molecular complexity index is 836. The molecule has 0 aliphatic carbocycles. The minimum absolute atomic E-state index is 0.0170. The molecular formula is C15H13N3O3. The molecule has 0 aliphatic heterocycles. The van der Waals surface area contributed by atoms with E-state index in [0.717, 1.165) is 5.56 Å². The van der Waals surface area contributed by atoms with Crippen LogP contribution < -0.4 is 10.9 Å². The summed E-state index contributed by atoms with van der Waals surface area (Å²) in [6.45, 7) is 1.86. The highest BCUT2D eigenvalue weighted by atomic mass is 16.3. The largest absolute Gasteiger partial charge is 0.432 e. The lowest BCUT2D eigenvalue weighted by atomic mass is 10.1. The summed E-state index contributed by atoms with van der Waals surface area (Å²) in [6.07, 6.45) is 4.01. The summed E-state index contributed by atoms with van der Waals surface area (Å²) in [5, 5.41) is 2.79. The minimum atomic E-state index is -0.459. The van der Waals surface area contributed by atoms with Crippen LogP contribution in [0, 0.1) is 0 Å². The molecule has 2 heterocycles. The van der Waals surface area contributed by atoms with Crippen LogP contribution in [0.1, 0.15) is 28.9 Å². The second-order valence-corrected chi connectivity index (χ2v) is 4.64. The molecule has 2 aromatic heterocycles. The first-order valence-electron chi connectivity index (χ1n) is 6.47. The van der Waals surface area contributed by atoms with Gasteiger partial charge in [-0.25, -0.2) is 9.38 Å². The summed E-state index contributed by atoms with van der Waals surface area (Å²) in [6, 6.07) is 9.31.